The van der Waals surface area contributed by atoms with Gasteiger partial charge in [-0.1, -0.05) is 29.8 Å². The number of anilines is 2. The van der Waals surface area contributed by atoms with Gasteiger partial charge in [0.15, 0.2) is 0 Å². The van der Waals surface area contributed by atoms with E-state index in [1.54, 1.807) is 19.2 Å². The molecule has 1 amide bonds. The van der Waals surface area contributed by atoms with Gasteiger partial charge in [0.05, 0.1) is 5.69 Å². The predicted molar refractivity (Wildman–Crippen MR) is 111 cm³/mol. The number of rotatable bonds is 8. The minimum absolute atomic E-state index is 0.108. The van der Waals surface area contributed by atoms with Crippen molar-refractivity contribution in [2.75, 3.05) is 25.6 Å². The molecule has 28 heavy (non-hydrogen) atoms. The van der Waals surface area contributed by atoms with Gasteiger partial charge in [-0.2, -0.15) is 0 Å². The molecule has 0 unspecified atom stereocenters. The fraction of sp³-hybridized carbons (Fsp3) is 0.227. The monoisotopic (exact) mass is 376 g/mol. The number of hydrogen-bond donors (Lipinski definition) is 2. The van der Waals surface area contributed by atoms with Crippen molar-refractivity contribution in [1.29, 1.82) is 0 Å². The Morgan fingerprint density at radius 1 is 1.07 bits per heavy atom. The molecule has 0 atom stereocenters. The highest BCUT2D eigenvalue weighted by Gasteiger charge is 2.07. The van der Waals surface area contributed by atoms with Crippen LogP contribution in [0.15, 0.2) is 60.9 Å². The van der Waals surface area contributed by atoms with Crippen molar-refractivity contribution in [1.82, 2.24) is 15.3 Å². The Morgan fingerprint density at radius 3 is 2.75 bits per heavy atom. The third-order valence-electron chi connectivity index (χ3n) is 4.19. The molecular weight excluding hydrogens is 352 g/mol. The molecule has 0 aliphatic rings. The molecule has 6 nitrogen and oxygen atoms in total. The predicted octanol–water partition coefficient (Wildman–Crippen LogP) is 3.96. The Balaban J connectivity index is 1.70. The number of methoxy groups -OCH3 is 1. The Kier molecular flexibility index (Phi) is 6.70. The number of hydrogen-bond acceptors (Lipinski definition) is 5. The molecule has 2 N–H and O–H groups in total. The fourth-order valence-corrected chi connectivity index (χ4v) is 2.79. The maximum atomic E-state index is 12.3. The number of aryl methyl sites for hydroxylation is 1. The summed E-state index contributed by atoms with van der Waals surface area (Å²) in [5.74, 6) is 0.562. The highest BCUT2D eigenvalue weighted by Crippen LogP contribution is 2.22. The van der Waals surface area contributed by atoms with Crippen LogP contribution in [0.2, 0.25) is 0 Å². The van der Waals surface area contributed by atoms with E-state index in [-0.39, 0.29) is 5.91 Å². The minimum Gasteiger partial charge on any atom is -0.385 e. The smallest absolute Gasteiger partial charge is 0.251 e. The van der Waals surface area contributed by atoms with E-state index in [4.69, 9.17) is 4.74 Å². The van der Waals surface area contributed by atoms with Crippen LogP contribution in [0.1, 0.15) is 22.3 Å². The molecular formula is C22H24N4O2. The van der Waals surface area contributed by atoms with Gasteiger partial charge >= 0.3 is 0 Å². The second kappa shape index (κ2) is 9.62. The Bertz CT molecular complexity index is 943. The van der Waals surface area contributed by atoms with Crippen molar-refractivity contribution in [2.24, 2.45) is 0 Å². The summed E-state index contributed by atoms with van der Waals surface area (Å²) in [7, 11) is 1.65. The van der Waals surface area contributed by atoms with Gasteiger partial charge in [-0.15, -0.1) is 0 Å². The van der Waals surface area contributed by atoms with Crippen molar-refractivity contribution in [3.8, 4) is 11.3 Å². The number of carbonyl (C=O) groups is 1. The molecule has 0 saturated heterocycles. The van der Waals surface area contributed by atoms with Gasteiger partial charge in [0, 0.05) is 43.1 Å². The number of aromatic nitrogens is 2. The second-order valence-corrected chi connectivity index (χ2v) is 6.47. The van der Waals surface area contributed by atoms with Crippen LogP contribution in [0, 0.1) is 6.92 Å². The lowest BCUT2D eigenvalue weighted by Gasteiger charge is -2.10. The molecule has 3 aromatic rings. The first-order valence-electron chi connectivity index (χ1n) is 9.19. The quantitative estimate of drug-likeness (QED) is 0.582. The van der Waals surface area contributed by atoms with E-state index in [0.717, 1.165) is 23.4 Å². The number of nitrogens with zero attached hydrogens (tertiary/aromatic N) is 2. The van der Waals surface area contributed by atoms with Crippen LogP contribution in [-0.4, -0.2) is 36.1 Å². The van der Waals surface area contributed by atoms with Gasteiger partial charge in [0.25, 0.3) is 5.91 Å². The van der Waals surface area contributed by atoms with Gasteiger partial charge < -0.3 is 15.4 Å². The van der Waals surface area contributed by atoms with Gasteiger partial charge in [-0.05, 0) is 37.6 Å². The van der Waals surface area contributed by atoms with Crippen LogP contribution in [0.25, 0.3) is 11.3 Å². The molecule has 0 radical (unpaired) electrons. The van der Waals surface area contributed by atoms with E-state index in [1.165, 1.54) is 11.9 Å². The second-order valence-electron chi connectivity index (χ2n) is 6.47. The van der Waals surface area contributed by atoms with Gasteiger partial charge in [0.1, 0.15) is 12.1 Å². The van der Waals surface area contributed by atoms with E-state index in [1.807, 2.05) is 30.3 Å². The first kappa shape index (κ1) is 19.5. The third-order valence-corrected chi connectivity index (χ3v) is 4.19. The SMILES string of the molecule is COCCCNC(=O)c1cccc(Nc2cc(-c3cccc(C)c3)ncn2)c1. The van der Waals surface area contributed by atoms with Crippen LogP contribution in [0.4, 0.5) is 11.5 Å². The standard InChI is InChI=1S/C22H24N4O2/c1-16-6-3-7-17(12-16)20-14-21(25-15-24-20)26-19-9-4-8-18(13-19)22(27)23-10-5-11-28-2/h3-4,6-9,12-15H,5,10-11H2,1-2H3,(H,23,27)(H,24,25,26). The molecule has 1 heterocycles. The van der Waals surface area contributed by atoms with Crippen LogP contribution >= 0.6 is 0 Å². The molecule has 0 saturated carbocycles. The van der Waals surface area contributed by atoms with Crippen molar-refractivity contribution in [3.63, 3.8) is 0 Å². The lowest BCUT2D eigenvalue weighted by molar-refractivity contribution is 0.0948. The average molecular weight is 376 g/mol. The summed E-state index contributed by atoms with van der Waals surface area (Å²) in [4.78, 5) is 20.9. The number of carbonyl (C=O) groups excluding carboxylic acids is 1. The summed E-state index contributed by atoms with van der Waals surface area (Å²) in [6.07, 6.45) is 2.31. The first-order chi connectivity index (χ1) is 13.7. The summed E-state index contributed by atoms with van der Waals surface area (Å²) in [5, 5.41) is 6.14. The zero-order valence-corrected chi connectivity index (χ0v) is 16.1. The number of ether oxygens (including phenoxy) is 1. The Morgan fingerprint density at radius 2 is 1.93 bits per heavy atom. The lowest BCUT2D eigenvalue weighted by Crippen LogP contribution is -2.25. The van der Waals surface area contributed by atoms with E-state index in [0.29, 0.717) is 24.5 Å². The highest BCUT2D eigenvalue weighted by atomic mass is 16.5. The zero-order valence-electron chi connectivity index (χ0n) is 16.1. The maximum Gasteiger partial charge on any atom is 0.251 e. The molecule has 0 aliphatic heterocycles. The van der Waals surface area contributed by atoms with E-state index >= 15 is 0 Å². The molecule has 0 bridgehead atoms. The maximum absolute atomic E-state index is 12.3. The Labute approximate surface area is 165 Å². The zero-order chi connectivity index (χ0) is 19.8. The summed E-state index contributed by atoms with van der Waals surface area (Å²) in [6, 6.07) is 17.4. The summed E-state index contributed by atoms with van der Waals surface area (Å²) < 4.78 is 4.99. The largest absolute Gasteiger partial charge is 0.385 e. The van der Waals surface area contributed by atoms with Gasteiger partial charge in [-0.3, -0.25) is 4.79 Å². The normalized spacial score (nSPS) is 10.5. The van der Waals surface area contributed by atoms with Gasteiger partial charge in [-0.25, -0.2) is 9.97 Å². The summed E-state index contributed by atoms with van der Waals surface area (Å²) >= 11 is 0. The molecule has 0 spiro atoms. The van der Waals surface area contributed by atoms with Crippen LogP contribution in [0.3, 0.4) is 0 Å². The van der Waals surface area contributed by atoms with E-state index < -0.39 is 0 Å². The number of nitrogens with one attached hydrogen (secondary N) is 2. The lowest BCUT2D eigenvalue weighted by atomic mass is 10.1. The fourth-order valence-electron chi connectivity index (χ4n) is 2.79. The number of benzene rings is 2. The van der Waals surface area contributed by atoms with Crippen LogP contribution < -0.4 is 10.6 Å². The molecule has 0 fully saturated rings. The molecule has 3 rings (SSSR count). The summed E-state index contributed by atoms with van der Waals surface area (Å²) in [6.45, 7) is 3.25. The van der Waals surface area contributed by atoms with Gasteiger partial charge in [0.2, 0.25) is 0 Å². The average Bonchev–Trinajstić information content (AvgIpc) is 2.71. The van der Waals surface area contributed by atoms with Crippen molar-refractivity contribution in [3.05, 3.63) is 72.1 Å². The Hall–Kier alpha value is -3.25. The topological polar surface area (TPSA) is 76.1 Å². The third kappa shape index (κ3) is 5.37. The molecule has 0 aliphatic carbocycles. The molecule has 144 valence electrons. The summed E-state index contributed by atoms with van der Waals surface area (Å²) in [5.41, 5.74) is 4.44. The molecule has 1 aromatic heterocycles. The van der Waals surface area contributed by atoms with Crippen molar-refractivity contribution in [2.45, 2.75) is 13.3 Å². The molecule has 2 aromatic carbocycles. The van der Waals surface area contributed by atoms with Crippen molar-refractivity contribution >= 4 is 17.4 Å². The van der Waals surface area contributed by atoms with Crippen LogP contribution in [-0.2, 0) is 4.74 Å². The van der Waals surface area contributed by atoms with Crippen molar-refractivity contribution < 1.29 is 9.53 Å². The van der Waals surface area contributed by atoms with Crippen LogP contribution in [0.5, 0.6) is 0 Å². The van der Waals surface area contributed by atoms with E-state index in [2.05, 4.69) is 39.7 Å². The minimum atomic E-state index is -0.108. The highest BCUT2D eigenvalue weighted by molar-refractivity contribution is 5.95. The number of amides is 1. The molecule has 6 heteroatoms. The van der Waals surface area contributed by atoms with E-state index in [9.17, 15) is 4.79 Å². The first-order valence-corrected chi connectivity index (χ1v) is 9.19.